The van der Waals surface area contributed by atoms with Gasteiger partial charge in [0.25, 0.3) is 0 Å². The number of nitriles is 1. The lowest BCUT2D eigenvalue weighted by atomic mass is 10.1. The molecule has 2 aromatic heterocycles. The van der Waals surface area contributed by atoms with Crippen LogP contribution in [0, 0.1) is 11.3 Å². The molecule has 0 aliphatic carbocycles. The van der Waals surface area contributed by atoms with Gasteiger partial charge in [-0.1, -0.05) is 24.8 Å². The average molecular weight is 438 g/mol. The molecule has 0 fully saturated rings. The number of rotatable bonds is 7. The smallest absolute Gasteiger partial charge is 0.247 e. The maximum Gasteiger partial charge on any atom is 0.247 e. The van der Waals surface area contributed by atoms with E-state index in [4.69, 9.17) is 10.00 Å². The van der Waals surface area contributed by atoms with Gasteiger partial charge < -0.3 is 20.4 Å². The summed E-state index contributed by atoms with van der Waals surface area (Å²) in [6.45, 7) is 3.43. The topological polar surface area (TPSA) is 133 Å². The van der Waals surface area contributed by atoms with E-state index in [-0.39, 0.29) is 24.1 Å². The van der Waals surface area contributed by atoms with Crippen molar-refractivity contribution in [2.45, 2.75) is 6.42 Å². The summed E-state index contributed by atoms with van der Waals surface area (Å²) < 4.78 is 5.85. The maximum absolute atomic E-state index is 11.7. The summed E-state index contributed by atoms with van der Waals surface area (Å²) >= 11 is 0. The van der Waals surface area contributed by atoms with E-state index < -0.39 is 0 Å². The lowest BCUT2D eigenvalue weighted by Crippen LogP contribution is -2.09. The summed E-state index contributed by atoms with van der Waals surface area (Å²) in [5, 5.41) is 14.0. The summed E-state index contributed by atoms with van der Waals surface area (Å²) in [4.78, 5) is 35.3. The van der Waals surface area contributed by atoms with Gasteiger partial charge in [-0.25, -0.2) is 9.97 Å². The number of ether oxygens (including phenoxy) is 1. The fourth-order valence-electron chi connectivity index (χ4n) is 3.14. The Bertz CT molecular complexity index is 1400. The van der Waals surface area contributed by atoms with Crippen LogP contribution in [-0.4, -0.2) is 26.8 Å². The number of carbonyl (C=O) groups is 2. The molecule has 0 saturated heterocycles. The predicted octanol–water partition coefficient (Wildman–Crippen LogP) is 4.39. The zero-order chi connectivity index (χ0) is 23.2. The van der Waals surface area contributed by atoms with Crippen LogP contribution in [0.1, 0.15) is 6.42 Å². The first-order valence-electron chi connectivity index (χ1n) is 9.88. The molecule has 2 heterocycles. The number of H-pyrrole nitrogens is 1. The zero-order valence-electron chi connectivity index (χ0n) is 17.3. The third-order valence-electron chi connectivity index (χ3n) is 4.57. The monoisotopic (exact) mass is 438 g/mol. The first kappa shape index (κ1) is 21.3. The summed E-state index contributed by atoms with van der Waals surface area (Å²) in [7, 11) is 0. The molecular formula is C24H18N6O3. The second kappa shape index (κ2) is 9.45. The lowest BCUT2D eigenvalue weighted by molar-refractivity contribution is -0.115. The minimum Gasteiger partial charge on any atom is -0.437 e. The van der Waals surface area contributed by atoms with Crippen LogP contribution >= 0.6 is 0 Å². The summed E-state index contributed by atoms with van der Waals surface area (Å²) in [6.07, 6.45) is 4.23. The minimum absolute atomic E-state index is 0.220. The average Bonchev–Trinajstić information content (AvgIpc) is 3.23. The molecule has 4 aromatic rings. The predicted molar refractivity (Wildman–Crippen MR) is 124 cm³/mol. The Morgan fingerprint density at radius 1 is 1.15 bits per heavy atom. The molecule has 0 atom stereocenters. The van der Waals surface area contributed by atoms with Gasteiger partial charge in [0.2, 0.25) is 17.7 Å². The highest BCUT2D eigenvalue weighted by atomic mass is 16.5. The van der Waals surface area contributed by atoms with Crippen molar-refractivity contribution in [3.05, 3.63) is 73.6 Å². The van der Waals surface area contributed by atoms with Crippen LogP contribution in [0.5, 0.6) is 11.6 Å². The number of aromatic amines is 1. The highest BCUT2D eigenvalue weighted by Gasteiger charge is 2.12. The van der Waals surface area contributed by atoms with Crippen molar-refractivity contribution < 1.29 is 14.3 Å². The van der Waals surface area contributed by atoms with Gasteiger partial charge in [0, 0.05) is 29.2 Å². The van der Waals surface area contributed by atoms with Gasteiger partial charge in [-0.3, -0.25) is 9.59 Å². The molecule has 33 heavy (non-hydrogen) atoms. The summed E-state index contributed by atoms with van der Waals surface area (Å²) in [5.74, 6) is 0.0470. The quantitative estimate of drug-likeness (QED) is 0.367. The summed E-state index contributed by atoms with van der Waals surface area (Å²) in [6, 6.07) is 15.9. The van der Waals surface area contributed by atoms with Gasteiger partial charge in [0.15, 0.2) is 5.65 Å². The maximum atomic E-state index is 11.7. The second-order valence-corrected chi connectivity index (χ2v) is 6.89. The number of hydrogen-bond acceptors (Lipinski definition) is 6. The molecule has 0 spiro atoms. The van der Waals surface area contributed by atoms with Crippen LogP contribution in [0.25, 0.3) is 22.3 Å². The molecule has 0 bridgehead atoms. The highest BCUT2D eigenvalue weighted by molar-refractivity contribution is 5.99. The third-order valence-corrected chi connectivity index (χ3v) is 4.57. The van der Waals surface area contributed by atoms with E-state index in [1.165, 1.54) is 12.3 Å². The van der Waals surface area contributed by atoms with Crippen LogP contribution in [0.4, 0.5) is 11.4 Å². The number of nitrogens with one attached hydrogen (secondary N) is 3. The van der Waals surface area contributed by atoms with Crippen LogP contribution in [-0.2, 0) is 9.59 Å². The second-order valence-electron chi connectivity index (χ2n) is 6.89. The molecule has 4 rings (SSSR count). The number of fused-ring (bicyclic) bond motifs is 1. The molecule has 0 aliphatic rings. The van der Waals surface area contributed by atoms with Crippen molar-refractivity contribution in [2.75, 3.05) is 10.6 Å². The van der Waals surface area contributed by atoms with Gasteiger partial charge in [-0.2, -0.15) is 5.26 Å². The Morgan fingerprint density at radius 2 is 1.94 bits per heavy atom. The van der Waals surface area contributed by atoms with Gasteiger partial charge >= 0.3 is 0 Å². The Labute approximate surface area is 188 Å². The van der Waals surface area contributed by atoms with E-state index in [0.717, 1.165) is 11.1 Å². The Morgan fingerprint density at radius 3 is 2.73 bits per heavy atom. The molecule has 2 amide bonds. The molecule has 2 aromatic carbocycles. The fraction of sp³-hybridized carbons (Fsp3) is 0.0417. The lowest BCUT2D eigenvalue weighted by Gasteiger charge is -2.08. The zero-order valence-corrected chi connectivity index (χ0v) is 17.3. The normalized spacial score (nSPS) is 10.3. The molecular weight excluding hydrogens is 420 g/mol. The Kier molecular flexibility index (Phi) is 6.09. The first-order valence-corrected chi connectivity index (χ1v) is 9.88. The molecule has 162 valence electrons. The van der Waals surface area contributed by atoms with Crippen molar-refractivity contribution in [3.8, 4) is 28.8 Å². The van der Waals surface area contributed by atoms with Gasteiger partial charge in [0.05, 0.1) is 12.3 Å². The van der Waals surface area contributed by atoms with E-state index >= 15 is 0 Å². The Balaban J connectivity index is 1.61. The molecule has 0 radical (unpaired) electrons. The third kappa shape index (κ3) is 5.03. The summed E-state index contributed by atoms with van der Waals surface area (Å²) in [5.41, 5.74) is 3.86. The van der Waals surface area contributed by atoms with Crippen LogP contribution in [0.15, 0.2) is 73.6 Å². The Hall–Kier alpha value is -4.97. The molecule has 3 N–H and O–H groups in total. The first-order chi connectivity index (χ1) is 16.1. The van der Waals surface area contributed by atoms with Gasteiger partial charge in [0.1, 0.15) is 17.7 Å². The standard InChI is InChI=1S/C24H18N6O3/c1-2-20(31)28-17-7-4-8-18(12-17)33-22-14-27-24-23(30-22)19(13-26-24)15-5-3-6-16(11-15)29-21(32)9-10-25/h2-8,11-14H,1,9H2,(H,26,27)(H,28,31)(H,29,32). The van der Waals surface area contributed by atoms with E-state index in [1.54, 1.807) is 48.7 Å². The number of anilines is 2. The number of amides is 2. The molecule has 9 heteroatoms. The number of aromatic nitrogens is 3. The van der Waals surface area contributed by atoms with Crippen LogP contribution in [0.3, 0.4) is 0 Å². The van der Waals surface area contributed by atoms with E-state index in [0.29, 0.717) is 28.3 Å². The highest BCUT2D eigenvalue weighted by Crippen LogP contribution is 2.30. The van der Waals surface area contributed by atoms with Crippen molar-refractivity contribution in [1.29, 1.82) is 5.26 Å². The SMILES string of the molecule is C=CC(=O)Nc1cccc(Oc2cnc3[nH]cc(-c4cccc(NC(=O)CC#N)c4)c3n2)c1. The molecule has 0 aliphatic heterocycles. The minimum atomic E-state index is -0.379. The van der Waals surface area contributed by atoms with Crippen molar-refractivity contribution in [1.82, 2.24) is 15.0 Å². The molecule has 0 saturated carbocycles. The van der Waals surface area contributed by atoms with Crippen LogP contribution < -0.4 is 15.4 Å². The number of benzene rings is 2. The van der Waals surface area contributed by atoms with Gasteiger partial charge in [-0.05, 0) is 35.9 Å². The molecule has 9 nitrogen and oxygen atoms in total. The number of carbonyl (C=O) groups excluding carboxylic acids is 2. The van der Waals surface area contributed by atoms with E-state index in [1.807, 2.05) is 12.1 Å². The van der Waals surface area contributed by atoms with E-state index in [9.17, 15) is 9.59 Å². The van der Waals surface area contributed by atoms with Crippen molar-refractivity contribution in [3.63, 3.8) is 0 Å². The number of hydrogen-bond donors (Lipinski definition) is 3. The van der Waals surface area contributed by atoms with Gasteiger partial charge in [-0.15, -0.1) is 0 Å². The van der Waals surface area contributed by atoms with Crippen molar-refractivity contribution >= 4 is 34.4 Å². The largest absolute Gasteiger partial charge is 0.437 e. The fourth-order valence-corrected chi connectivity index (χ4v) is 3.14. The van der Waals surface area contributed by atoms with Crippen molar-refractivity contribution in [2.24, 2.45) is 0 Å². The number of nitrogens with zero attached hydrogens (tertiary/aromatic N) is 3. The van der Waals surface area contributed by atoms with E-state index in [2.05, 4.69) is 32.2 Å². The molecule has 0 unspecified atom stereocenters. The van der Waals surface area contributed by atoms with Crippen LogP contribution in [0.2, 0.25) is 0 Å².